The smallest absolute Gasteiger partial charge is 0.748 e. The monoisotopic (exact) mass is 961 g/mol. The summed E-state index contributed by atoms with van der Waals surface area (Å²) in [6, 6.07) is 29.2. The number of fused-ring (bicyclic) bond motifs is 9. The molecule has 1 saturated heterocycles. The molecule has 4 aromatic rings. The normalized spacial score (nSPS) is 30.4. The van der Waals surface area contributed by atoms with E-state index in [4.69, 9.17) is 25.9 Å². The average molecular weight is 962 g/mol. The molecule has 7 N–H and O–H groups in total. The summed E-state index contributed by atoms with van der Waals surface area (Å²) in [6.07, 6.45) is 9.03. The number of aromatic hydroxyl groups is 1. The van der Waals surface area contributed by atoms with Crippen molar-refractivity contribution < 1.29 is 67.3 Å². The van der Waals surface area contributed by atoms with Crippen molar-refractivity contribution >= 4 is 16.1 Å². The number of aliphatic hydroxyl groups is 2. The Morgan fingerprint density at radius 3 is 2.45 bits per heavy atom. The maximum atomic E-state index is 14.1. The quantitative estimate of drug-likeness (QED) is 0.0382. The molecular formula is C56H64N3NaO8S. The Morgan fingerprint density at radius 1 is 0.971 bits per heavy atom. The number of allylic oxidation sites excluding steroid dienone is 1. The van der Waals surface area contributed by atoms with Crippen LogP contribution < -0.4 is 45.8 Å². The van der Waals surface area contributed by atoms with Gasteiger partial charge in [0.25, 0.3) is 0 Å². The minimum absolute atomic E-state index is 0. The van der Waals surface area contributed by atoms with Crippen molar-refractivity contribution in [3.63, 3.8) is 0 Å². The van der Waals surface area contributed by atoms with Crippen molar-refractivity contribution in [1.82, 2.24) is 0 Å². The van der Waals surface area contributed by atoms with Gasteiger partial charge in [0.2, 0.25) is 5.72 Å². The van der Waals surface area contributed by atoms with Crippen molar-refractivity contribution in [3.8, 4) is 23.3 Å². The Morgan fingerprint density at radius 2 is 1.72 bits per heavy atom. The van der Waals surface area contributed by atoms with E-state index in [9.17, 15) is 28.3 Å². The number of guanidine groups is 1. The first kappa shape index (κ1) is 49.8. The molecule has 13 heteroatoms. The van der Waals surface area contributed by atoms with Crippen LogP contribution in [-0.2, 0) is 33.4 Å². The molecule has 11 nitrogen and oxygen atoms in total. The molecule has 0 aromatic heterocycles. The molecule has 10 bridgehead atoms. The Bertz CT molecular complexity index is 2750. The van der Waals surface area contributed by atoms with Crippen molar-refractivity contribution in [2.75, 3.05) is 6.61 Å². The van der Waals surface area contributed by atoms with Crippen molar-refractivity contribution in [3.05, 3.63) is 142 Å². The molecule has 8 aliphatic rings. The first-order chi connectivity index (χ1) is 32.7. The van der Waals surface area contributed by atoms with Crippen LogP contribution in [0.4, 0.5) is 0 Å². The first-order valence-corrected chi connectivity index (χ1v) is 26.2. The predicted octanol–water partition coefficient (Wildman–Crippen LogP) is 5.37. The number of nitrogens with two attached hydrogens (primary N) is 2. The van der Waals surface area contributed by atoms with Crippen molar-refractivity contribution in [2.24, 2.45) is 46.0 Å². The molecule has 11 atom stereocenters. The van der Waals surface area contributed by atoms with Gasteiger partial charge >= 0.3 is 29.6 Å². The van der Waals surface area contributed by atoms with Gasteiger partial charge in [0, 0.05) is 42.1 Å². The molecule has 358 valence electrons. The van der Waals surface area contributed by atoms with E-state index in [-0.39, 0.29) is 90.3 Å². The van der Waals surface area contributed by atoms with Gasteiger partial charge < -0.3 is 40.8 Å². The topological polar surface area (TPSA) is 201 Å². The largest absolute Gasteiger partial charge is 1.00 e. The molecule has 69 heavy (non-hydrogen) atoms. The molecule has 5 heterocycles. The summed E-state index contributed by atoms with van der Waals surface area (Å²) in [7, 11) is -4.91. The third-order valence-electron chi connectivity index (χ3n) is 16.7. The van der Waals surface area contributed by atoms with Gasteiger partial charge in [0.1, 0.15) is 17.6 Å². The van der Waals surface area contributed by atoms with Crippen LogP contribution in [0, 0.1) is 41.4 Å². The number of rotatable bonds is 8. The summed E-state index contributed by atoms with van der Waals surface area (Å²) in [5.74, 6) is 4.79. The molecule has 12 rings (SSSR count). The molecule has 0 radical (unpaired) electrons. The van der Waals surface area contributed by atoms with Gasteiger partial charge in [-0.25, -0.2) is 13.4 Å². The minimum Gasteiger partial charge on any atom is -0.748 e. The molecular weight excluding hydrogens is 898 g/mol. The number of benzene rings is 4. The number of aryl methyl sites for hydroxylation is 1. The van der Waals surface area contributed by atoms with E-state index in [1.165, 1.54) is 0 Å². The fraction of sp³-hybridized carbons (Fsp3) is 0.482. The number of phenols is 1. The number of hydrogen-bond acceptors (Lipinski definition) is 9. The fourth-order valence-corrected chi connectivity index (χ4v) is 14.3. The predicted molar refractivity (Wildman–Crippen MR) is 260 cm³/mol. The Kier molecular flexibility index (Phi) is 14.5. The maximum absolute atomic E-state index is 14.1. The maximum Gasteiger partial charge on any atom is 1.00 e. The van der Waals surface area contributed by atoms with Crippen LogP contribution in [0.1, 0.15) is 134 Å². The SMILES string of the molecule is CC1CCc2cc3ccc2C1CC(S(=O)(=O)[O-])C1C=C2CC(CC4OC2c2ccc(O)cc2C#CCC4CO)C1c1ccc(cc1)C(CC(Cc1ccccc1)C1(O)CCCCC1)(N=C(N)N)O3.[Na+]. The average Bonchev–Trinajstić information content (AvgIpc) is 3.40. The molecule has 5 aliphatic heterocycles. The van der Waals surface area contributed by atoms with Gasteiger partial charge in [0.15, 0.2) is 5.96 Å². The zero-order valence-corrected chi connectivity index (χ0v) is 42.6. The van der Waals surface area contributed by atoms with Gasteiger partial charge in [-0.1, -0.05) is 111 Å². The third kappa shape index (κ3) is 10.1. The summed E-state index contributed by atoms with van der Waals surface area (Å²) < 4.78 is 56.8. The first-order valence-electron chi connectivity index (χ1n) is 24.7. The molecule has 3 aliphatic carbocycles. The summed E-state index contributed by atoms with van der Waals surface area (Å²) >= 11 is 0. The van der Waals surface area contributed by atoms with E-state index < -0.39 is 50.7 Å². The van der Waals surface area contributed by atoms with Crippen LogP contribution >= 0.6 is 0 Å². The molecule has 4 aromatic carbocycles. The van der Waals surface area contributed by atoms with E-state index in [0.717, 1.165) is 65.5 Å². The number of aliphatic imine (C=N–C) groups is 1. The standard InChI is InChI=1S/C56H65N3O8S.Na/c1-34-13-14-38-28-45-20-22-46(38)48(34)31-51(68(63,64)65)49-29-41-26-40(30-50-39(33-60)12-8-11-37-27-44(61)19-21-47(37)53(41)66-50)52(49)36-15-17-42(18-16-36)56(67-45,59-54(57)58)32-43(25-35-9-4-2-5-10-35)55(62)23-6-3-7-24-55;/h2,4-5,9-10,15-22,27-29,34,39-40,43,48-53,60-62H,3,6-7,12-14,23-26,30-33H2,1H3,(H4,57,58,59)(H,63,64,65);/q;+1/p-1. The number of ether oxygens (including phenoxy) is 2. The minimum atomic E-state index is -4.91. The van der Waals surface area contributed by atoms with Crippen LogP contribution in [0.3, 0.4) is 0 Å². The summed E-state index contributed by atoms with van der Waals surface area (Å²) in [5.41, 5.74) is 17.3. The summed E-state index contributed by atoms with van der Waals surface area (Å²) in [4.78, 5) is 5.04. The number of nitrogens with zero attached hydrogens (tertiary/aromatic N) is 1. The van der Waals surface area contributed by atoms with Crippen molar-refractivity contribution in [2.45, 2.75) is 131 Å². The van der Waals surface area contributed by atoms with E-state index in [2.05, 4.69) is 30.9 Å². The van der Waals surface area contributed by atoms with E-state index >= 15 is 0 Å². The summed E-state index contributed by atoms with van der Waals surface area (Å²) in [5, 5.41) is 32.8. The van der Waals surface area contributed by atoms with Crippen LogP contribution in [0.25, 0.3) is 0 Å². The molecule has 2 fully saturated rings. The Balaban J connectivity index is 0.00000593. The fourth-order valence-electron chi connectivity index (χ4n) is 13.3. The number of aliphatic hydroxyl groups excluding tert-OH is 1. The second-order valence-corrected chi connectivity index (χ2v) is 22.5. The van der Waals surface area contributed by atoms with Gasteiger partial charge in [-0.15, -0.1) is 0 Å². The molecule has 11 unspecified atom stereocenters. The second-order valence-electron chi connectivity index (χ2n) is 20.9. The van der Waals surface area contributed by atoms with E-state index in [0.29, 0.717) is 55.4 Å². The summed E-state index contributed by atoms with van der Waals surface area (Å²) in [6.45, 7) is 1.99. The zero-order chi connectivity index (χ0) is 47.4. The van der Waals surface area contributed by atoms with E-state index in [1.54, 1.807) is 12.1 Å². The molecule has 1 saturated carbocycles. The Labute approximate surface area is 429 Å². The van der Waals surface area contributed by atoms with Crippen LogP contribution in [-0.4, -0.2) is 57.8 Å². The van der Waals surface area contributed by atoms with Crippen LogP contribution in [0.15, 0.2) is 108 Å². The van der Waals surface area contributed by atoms with Gasteiger partial charge in [-0.2, -0.15) is 0 Å². The third-order valence-corrected chi connectivity index (χ3v) is 18.0. The number of phenolic OH excluding ortho intramolecular Hbond substituents is 1. The van der Waals surface area contributed by atoms with Gasteiger partial charge in [-0.3, -0.25) is 0 Å². The molecule has 0 spiro atoms. The van der Waals surface area contributed by atoms with Crippen LogP contribution in [0.2, 0.25) is 0 Å². The zero-order valence-electron chi connectivity index (χ0n) is 39.8. The Hall–Kier alpha value is -4.16. The van der Waals surface area contributed by atoms with Gasteiger partial charge in [-0.05, 0) is 139 Å². The van der Waals surface area contributed by atoms with Gasteiger partial charge in [0.05, 0.1) is 27.1 Å². The van der Waals surface area contributed by atoms with Crippen LogP contribution in [0.5, 0.6) is 11.5 Å². The number of hydrogen-bond donors (Lipinski definition) is 5. The van der Waals surface area contributed by atoms with E-state index in [1.807, 2.05) is 72.8 Å². The molecule has 0 amide bonds. The van der Waals surface area contributed by atoms with Crippen molar-refractivity contribution in [1.29, 1.82) is 0 Å². The second kappa shape index (κ2) is 20.2.